The lowest BCUT2D eigenvalue weighted by Crippen LogP contribution is -2.41. The topological polar surface area (TPSA) is 104 Å². The van der Waals surface area contributed by atoms with Gasteiger partial charge in [-0.15, -0.1) is 0 Å². The summed E-state index contributed by atoms with van der Waals surface area (Å²) in [5.74, 6) is 0. The van der Waals surface area contributed by atoms with Crippen LogP contribution in [0.25, 0.3) is 0 Å². The Labute approximate surface area is 285 Å². The lowest BCUT2D eigenvalue weighted by atomic mass is 10.2. The Kier molecular flexibility index (Phi) is 11.9. The maximum Gasteiger partial charge on any atom is 0.410 e. The quantitative estimate of drug-likeness (QED) is 0.136. The van der Waals surface area contributed by atoms with Crippen molar-refractivity contribution in [2.24, 2.45) is 0 Å². The molecular formula is C37H45N3O6S2. The van der Waals surface area contributed by atoms with Gasteiger partial charge in [0.2, 0.25) is 0 Å². The highest BCUT2D eigenvalue weighted by Crippen LogP contribution is 2.26. The highest BCUT2D eigenvalue weighted by molar-refractivity contribution is 7.93. The Morgan fingerprint density at radius 2 is 0.917 bits per heavy atom. The second kappa shape index (κ2) is 15.7. The molecule has 0 saturated heterocycles. The molecule has 11 heteroatoms. The van der Waals surface area contributed by atoms with Gasteiger partial charge in [-0.05, 0) is 96.0 Å². The molecule has 0 saturated carbocycles. The van der Waals surface area contributed by atoms with Gasteiger partial charge in [0, 0.05) is 26.2 Å². The average Bonchev–Trinajstić information content (AvgIpc) is 3.04. The fourth-order valence-corrected chi connectivity index (χ4v) is 8.08. The van der Waals surface area contributed by atoms with Crippen LogP contribution in [0, 0.1) is 13.8 Å². The molecular weight excluding hydrogens is 647 g/mol. The van der Waals surface area contributed by atoms with E-state index in [1.165, 1.54) is 13.5 Å². The van der Waals surface area contributed by atoms with Crippen molar-refractivity contribution in [1.82, 2.24) is 4.90 Å². The van der Waals surface area contributed by atoms with E-state index in [0.717, 1.165) is 11.1 Å². The van der Waals surface area contributed by atoms with Crippen molar-refractivity contribution in [3.63, 3.8) is 0 Å². The number of anilines is 2. The van der Waals surface area contributed by atoms with E-state index in [2.05, 4.69) is 0 Å². The smallest absolute Gasteiger partial charge is 0.410 e. The molecule has 9 nitrogen and oxygen atoms in total. The molecule has 0 aliphatic heterocycles. The van der Waals surface area contributed by atoms with Gasteiger partial charge in [0.15, 0.2) is 0 Å². The minimum absolute atomic E-state index is 0.109. The number of aryl methyl sites for hydroxylation is 2. The zero-order valence-electron chi connectivity index (χ0n) is 28.2. The minimum Gasteiger partial charge on any atom is -0.444 e. The van der Waals surface area contributed by atoms with E-state index in [9.17, 15) is 21.6 Å². The average molecular weight is 692 g/mol. The van der Waals surface area contributed by atoms with E-state index in [4.69, 9.17) is 4.74 Å². The van der Waals surface area contributed by atoms with Crippen molar-refractivity contribution < 1.29 is 26.4 Å². The molecule has 48 heavy (non-hydrogen) atoms. The fourth-order valence-electron chi connectivity index (χ4n) is 5.07. The molecule has 4 aromatic rings. The minimum atomic E-state index is -3.90. The molecule has 0 unspecified atom stereocenters. The van der Waals surface area contributed by atoms with Gasteiger partial charge >= 0.3 is 6.09 Å². The van der Waals surface area contributed by atoms with Crippen LogP contribution in [-0.4, -0.2) is 59.6 Å². The van der Waals surface area contributed by atoms with E-state index < -0.39 is 31.7 Å². The van der Waals surface area contributed by atoms with Gasteiger partial charge < -0.3 is 9.64 Å². The first-order valence-corrected chi connectivity index (χ1v) is 18.8. The van der Waals surface area contributed by atoms with Gasteiger partial charge in [0.1, 0.15) is 5.60 Å². The van der Waals surface area contributed by atoms with E-state index in [1.54, 1.807) is 118 Å². The third kappa shape index (κ3) is 9.60. The molecule has 0 atom stereocenters. The second-order valence-electron chi connectivity index (χ2n) is 12.6. The SMILES string of the molecule is Cc1ccc(S(=O)(=O)N(CCCN(CCCN(c2ccccc2)S(=O)(=O)c2ccc(C)cc2)C(=O)OC(C)(C)C)c2ccccc2)cc1. The van der Waals surface area contributed by atoms with Crippen LogP contribution in [-0.2, 0) is 24.8 Å². The summed E-state index contributed by atoms with van der Waals surface area (Å²) in [7, 11) is -7.79. The molecule has 0 aliphatic carbocycles. The highest BCUT2D eigenvalue weighted by Gasteiger charge is 2.28. The number of sulfonamides is 2. The van der Waals surface area contributed by atoms with Gasteiger partial charge in [0.25, 0.3) is 20.0 Å². The summed E-state index contributed by atoms with van der Waals surface area (Å²) in [5, 5.41) is 0. The number of para-hydroxylation sites is 2. The predicted molar refractivity (Wildman–Crippen MR) is 191 cm³/mol. The predicted octanol–water partition coefficient (Wildman–Crippen LogP) is 7.41. The van der Waals surface area contributed by atoms with Crippen molar-refractivity contribution in [2.45, 2.75) is 62.9 Å². The Morgan fingerprint density at radius 3 is 1.25 bits per heavy atom. The summed E-state index contributed by atoms with van der Waals surface area (Å²) >= 11 is 0. The monoisotopic (exact) mass is 691 g/mol. The first-order chi connectivity index (χ1) is 22.7. The Morgan fingerprint density at radius 1 is 0.562 bits per heavy atom. The van der Waals surface area contributed by atoms with Crippen LogP contribution in [0.3, 0.4) is 0 Å². The molecule has 0 radical (unpaired) electrons. The van der Waals surface area contributed by atoms with Gasteiger partial charge in [-0.2, -0.15) is 0 Å². The van der Waals surface area contributed by atoms with Crippen LogP contribution in [0.5, 0.6) is 0 Å². The lowest BCUT2D eigenvalue weighted by Gasteiger charge is -2.30. The molecule has 0 N–H and O–H groups in total. The van der Waals surface area contributed by atoms with E-state index in [-0.39, 0.29) is 36.0 Å². The third-order valence-electron chi connectivity index (χ3n) is 7.54. The highest BCUT2D eigenvalue weighted by atomic mass is 32.2. The van der Waals surface area contributed by atoms with Gasteiger partial charge in [-0.25, -0.2) is 21.6 Å². The van der Waals surface area contributed by atoms with Crippen molar-refractivity contribution in [2.75, 3.05) is 34.8 Å². The molecule has 4 aromatic carbocycles. The lowest BCUT2D eigenvalue weighted by molar-refractivity contribution is 0.0248. The van der Waals surface area contributed by atoms with E-state index >= 15 is 0 Å². The zero-order chi connectivity index (χ0) is 35.0. The molecule has 4 rings (SSSR count). The maximum atomic E-state index is 13.8. The van der Waals surface area contributed by atoms with Crippen molar-refractivity contribution in [1.29, 1.82) is 0 Å². The second-order valence-corrected chi connectivity index (χ2v) is 16.4. The first kappa shape index (κ1) is 36.5. The van der Waals surface area contributed by atoms with Crippen LogP contribution in [0.1, 0.15) is 44.7 Å². The molecule has 0 bridgehead atoms. The first-order valence-electron chi connectivity index (χ1n) is 16.0. The number of hydrogen-bond donors (Lipinski definition) is 0. The Bertz CT molecular complexity index is 1720. The fraction of sp³-hybridized carbons (Fsp3) is 0.324. The molecule has 0 fully saturated rings. The summed E-state index contributed by atoms with van der Waals surface area (Å²) in [6, 6.07) is 31.2. The van der Waals surface area contributed by atoms with Gasteiger partial charge in [-0.1, -0.05) is 71.8 Å². The molecule has 0 aromatic heterocycles. The number of nitrogens with zero attached hydrogens (tertiary/aromatic N) is 3. The number of benzene rings is 4. The number of ether oxygens (including phenoxy) is 1. The molecule has 0 spiro atoms. The number of hydrogen-bond acceptors (Lipinski definition) is 6. The number of rotatable bonds is 14. The Hall–Kier alpha value is -4.35. The zero-order valence-corrected chi connectivity index (χ0v) is 29.9. The molecule has 256 valence electrons. The van der Waals surface area contributed by atoms with Gasteiger partial charge in [0.05, 0.1) is 21.2 Å². The van der Waals surface area contributed by atoms with E-state index in [1.807, 2.05) is 26.0 Å². The van der Waals surface area contributed by atoms with Crippen molar-refractivity contribution >= 4 is 37.5 Å². The normalized spacial score (nSPS) is 11.9. The summed E-state index contributed by atoms with van der Waals surface area (Å²) in [6.07, 6.45) is 0.0647. The largest absolute Gasteiger partial charge is 0.444 e. The van der Waals surface area contributed by atoms with Crippen LogP contribution in [0.2, 0.25) is 0 Å². The van der Waals surface area contributed by atoms with Crippen molar-refractivity contribution in [3.8, 4) is 0 Å². The summed E-state index contributed by atoms with van der Waals surface area (Å²) in [5.41, 5.74) is 2.17. The molecule has 0 aliphatic rings. The Balaban J connectivity index is 1.54. The summed E-state index contributed by atoms with van der Waals surface area (Å²) < 4.78 is 63.7. The van der Waals surface area contributed by atoms with Crippen LogP contribution >= 0.6 is 0 Å². The van der Waals surface area contributed by atoms with Gasteiger partial charge in [-0.3, -0.25) is 8.61 Å². The maximum absolute atomic E-state index is 13.8. The third-order valence-corrected chi connectivity index (χ3v) is 11.2. The molecule has 0 heterocycles. The standard InChI is InChI=1S/C37H45N3O6S2/c1-30-18-22-34(23-19-30)47(42,43)39(32-14-8-6-9-15-32)28-12-26-38(36(41)46-37(3,4)5)27-13-29-40(33-16-10-7-11-17-33)48(44,45)35-24-20-31(2)21-25-35/h6-11,14-25H,12-13,26-29H2,1-5H3. The van der Waals surface area contributed by atoms with E-state index in [0.29, 0.717) is 24.2 Å². The van der Waals surface area contributed by atoms with Crippen molar-refractivity contribution in [3.05, 3.63) is 120 Å². The van der Waals surface area contributed by atoms with Crippen LogP contribution in [0.15, 0.2) is 119 Å². The van der Waals surface area contributed by atoms with Crippen LogP contribution in [0.4, 0.5) is 16.2 Å². The number of carbonyl (C=O) groups is 1. The number of carbonyl (C=O) groups excluding carboxylic acids is 1. The summed E-state index contributed by atoms with van der Waals surface area (Å²) in [6.45, 7) is 9.73. The van der Waals surface area contributed by atoms with Crippen LogP contribution < -0.4 is 8.61 Å². The number of amides is 1. The summed E-state index contributed by atoms with van der Waals surface area (Å²) in [4.78, 5) is 15.3. The molecule has 1 amide bonds.